The summed E-state index contributed by atoms with van der Waals surface area (Å²) >= 11 is 0. The predicted octanol–water partition coefficient (Wildman–Crippen LogP) is 2.12. The molecular formula is C14H22N2O. The van der Waals surface area contributed by atoms with E-state index in [4.69, 9.17) is 5.73 Å². The fraction of sp³-hybridized carbons (Fsp3) is 0.571. The molecule has 3 heteroatoms. The van der Waals surface area contributed by atoms with Crippen molar-refractivity contribution in [1.82, 2.24) is 4.90 Å². The van der Waals surface area contributed by atoms with E-state index in [1.165, 1.54) is 18.4 Å². The van der Waals surface area contributed by atoms with Crippen molar-refractivity contribution < 1.29 is 5.11 Å². The van der Waals surface area contributed by atoms with Crippen LogP contribution >= 0.6 is 0 Å². The number of aromatic hydroxyl groups is 1. The Hall–Kier alpha value is -1.06. The van der Waals surface area contributed by atoms with Gasteiger partial charge in [-0.3, -0.25) is 4.90 Å². The average molecular weight is 234 g/mol. The van der Waals surface area contributed by atoms with E-state index in [2.05, 4.69) is 17.9 Å². The van der Waals surface area contributed by atoms with E-state index in [0.717, 1.165) is 19.6 Å². The Morgan fingerprint density at radius 3 is 3.06 bits per heavy atom. The normalized spacial score (nSPS) is 23.5. The SMILES string of the molecule is CC(c1cccc(O)c1)N1CCCC(CN)C1. The van der Waals surface area contributed by atoms with Crippen LogP contribution in [-0.4, -0.2) is 29.6 Å². The van der Waals surface area contributed by atoms with Crippen LogP contribution in [0.1, 0.15) is 31.4 Å². The lowest BCUT2D eigenvalue weighted by Gasteiger charge is -2.36. The highest BCUT2D eigenvalue weighted by molar-refractivity contribution is 5.29. The van der Waals surface area contributed by atoms with Gasteiger partial charge in [-0.15, -0.1) is 0 Å². The molecule has 3 nitrogen and oxygen atoms in total. The van der Waals surface area contributed by atoms with Crippen molar-refractivity contribution in [3.05, 3.63) is 29.8 Å². The summed E-state index contributed by atoms with van der Waals surface area (Å²) in [7, 11) is 0. The molecule has 94 valence electrons. The van der Waals surface area contributed by atoms with Gasteiger partial charge < -0.3 is 10.8 Å². The highest BCUT2D eigenvalue weighted by atomic mass is 16.3. The number of hydrogen-bond acceptors (Lipinski definition) is 3. The second kappa shape index (κ2) is 5.52. The summed E-state index contributed by atoms with van der Waals surface area (Å²) in [6.45, 7) is 5.19. The minimum absolute atomic E-state index is 0.349. The van der Waals surface area contributed by atoms with Gasteiger partial charge in [0.05, 0.1) is 0 Å². The zero-order valence-corrected chi connectivity index (χ0v) is 10.5. The third kappa shape index (κ3) is 2.99. The summed E-state index contributed by atoms with van der Waals surface area (Å²) in [5.41, 5.74) is 6.94. The lowest BCUT2D eigenvalue weighted by molar-refractivity contribution is 0.134. The molecule has 2 atom stereocenters. The van der Waals surface area contributed by atoms with E-state index in [1.54, 1.807) is 6.07 Å². The standard InChI is InChI=1S/C14H22N2O/c1-11(13-5-2-6-14(17)8-13)16-7-3-4-12(9-15)10-16/h2,5-6,8,11-12,17H,3-4,7,9-10,15H2,1H3. The Balaban J connectivity index is 2.06. The van der Waals surface area contributed by atoms with Crippen molar-refractivity contribution >= 4 is 0 Å². The van der Waals surface area contributed by atoms with Gasteiger partial charge in [0.1, 0.15) is 5.75 Å². The third-order valence-electron chi connectivity index (χ3n) is 3.78. The molecule has 0 aliphatic carbocycles. The Labute approximate surface area is 103 Å². The van der Waals surface area contributed by atoms with Gasteiger partial charge in [-0.25, -0.2) is 0 Å². The Morgan fingerprint density at radius 2 is 2.35 bits per heavy atom. The highest BCUT2D eigenvalue weighted by Gasteiger charge is 2.23. The van der Waals surface area contributed by atoms with Gasteiger partial charge in [0.15, 0.2) is 0 Å². The van der Waals surface area contributed by atoms with Gasteiger partial charge in [-0.1, -0.05) is 12.1 Å². The Bertz CT molecular complexity index is 367. The maximum atomic E-state index is 9.52. The summed E-state index contributed by atoms with van der Waals surface area (Å²) in [5.74, 6) is 0.977. The van der Waals surface area contributed by atoms with Crippen LogP contribution < -0.4 is 5.73 Å². The predicted molar refractivity (Wildman–Crippen MR) is 69.9 cm³/mol. The molecule has 2 unspecified atom stereocenters. The number of phenols is 1. The topological polar surface area (TPSA) is 49.5 Å². The number of piperidine rings is 1. The van der Waals surface area contributed by atoms with Crippen LogP contribution in [0.5, 0.6) is 5.75 Å². The minimum atomic E-state index is 0.349. The van der Waals surface area contributed by atoms with Crippen LogP contribution in [-0.2, 0) is 0 Å². The van der Waals surface area contributed by atoms with Crippen LogP contribution in [0.15, 0.2) is 24.3 Å². The molecule has 0 amide bonds. The molecule has 2 rings (SSSR count). The van der Waals surface area contributed by atoms with E-state index in [0.29, 0.717) is 17.7 Å². The molecule has 1 aromatic carbocycles. The highest BCUT2D eigenvalue weighted by Crippen LogP contribution is 2.27. The first-order chi connectivity index (χ1) is 8.20. The van der Waals surface area contributed by atoms with E-state index in [9.17, 15) is 5.11 Å². The molecule has 1 heterocycles. The Kier molecular flexibility index (Phi) is 4.02. The summed E-state index contributed by atoms with van der Waals surface area (Å²) in [5, 5.41) is 9.52. The second-order valence-corrected chi connectivity index (χ2v) is 5.01. The molecule has 0 saturated carbocycles. The maximum Gasteiger partial charge on any atom is 0.115 e. The van der Waals surface area contributed by atoms with Gasteiger partial charge in [0.2, 0.25) is 0 Å². The number of nitrogens with zero attached hydrogens (tertiary/aromatic N) is 1. The van der Waals surface area contributed by atoms with E-state index < -0.39 is 0 Å². The largest absolute Gasteiger partial charge is 0.508 e. The second-order valence-electron chi connectivity index (χ2n) is 5.01. The lowest BCUT2D eigenvalue weighted by Crippen LogP contribution is -2.39. The quantitative estimate of drug-likeness (QED) is 0.842. The van der Waals surface area contributed by atoms with Crippen molar-refractivity contribution in [3.8, 4) is 5.75 Å². The van der Waals surface area contributed by atoms with Crippen LogP contribution in [0.4, 0.5) is 0 Å². The molecule has 1 fully saturated rings. The van der Waals surface area contributed by atoms with Crippen molar-refractivity contribution in [2.24, 2.45) is 11.7 Å². The first-order valence-corrected chi connectivity index (χ1v) is 6.43. The summed E-state index contributed by atoms with van der Waals surface area (Å²) < 4.78 is 0. The van der Waals surface area contributed by atoms with Gasteiger partial charge in [-0.2, -0.15) is 0 Å². The maximum absolute atomic E-state index is 9.52. The zero-order chi connectivity index (χ0) is 12.3. The van der Waals surface area contributed by atoms with Crippen LogP contribution in [0.25, 0.3) is 0 Å². The number of rotatable bonds is 3. The number of hydrogen-bond donors (Lipinski definition) is 2. The molecule has 0 aromatic heterocycles. The van der Waals surface area contributed by atoms with E-state index in [1.807, 2.05) is 12.1 Å². The molecule has 0 spiro atoms. The smallest absolute Gasteiger partial charge is 0.115 e. The fourth-order valence-corrected chi connectivity index (χ4v) is 2.64. The van der Waals surface area contributed by atoms with E-state index >= 15 is 0 Å². The van der Waals surface area contributed by atoms with Crippen molar-refractivity contribution in [2.45, 2.75) is 25.8 Å². The lowest BCUT2D eigenvalue weighted by atomic mass is 9.95. The summed E-state index contributed by atoms with van der Waals surface area (Å²) in [4.78, 5) is 2.47. The summed E-state index contributed by atoms with van der Waals surface area (Å²) in [6.07, 6.45) is 2.48. The van der Waals surface area contributed by atoms with Gasteiger partial charge in [0, 0.05) is 12.6 Å². The molecule has 17 heavy (non-hydrogen) atoms. The van der Waals surface area contributed by atoms with E-state index in [-0.39, 0.29) is 0 Å². The molecule has 3 N–H and O–H groups in total. The van der Waals surface area contributed by atoms with Crippen molar-refractivity contribution in [1.29, 1.82) is 0 Å². The molecule has 1 aliphatic heterocycles. The van der Waals surface area contributed by atoms with Crippen LogP contribution in [0.2, 0.25) is 0 Å². The zero-order valence-electron chi connectivity index (χ0n) is 10.5. The number of phenolic OH excluding ortho intramolecular Hbond substituents is 1. The molecule has 0 radical (unpaired) electrons. The Morgan fingerprint density at radius 1 is 1.53 bits per heavy atom. The number of nitrogens with two attached hydrogens (primary N) is 1. The molecule has 0 bridgehead atoms. The number of likely N-dealkylation sites (tertiary alicyclic amines) is 1. The monoisotopic (exact) mass is 234 g/mol. The molecular weight excluding hydrogens is 212 g/mol. The molecule has 1 aliphatic rings. The van der Waals surface area contributed by atoms with Gasteiger partial charge in [-0.05, 0) is 56.5 Å². The van der Waals surface area contributed by atoms with Gasteiger partial charge >= 0.3 is 0 Å². The van der Waals surface area contributed by atoms with Crippen LogP contribution in [0.3, 0.4) is 0 Å². The minimum Gasteiger partial charge on any atom is -0.508 e. The molecule has 1 saturated heterocycles. The third-order valence-corrected chi connectivity index (χ3v) is 3.78. The molecule has 1 aromatic rings. The first-order valence-electron chi connectivity index (χ1n) is 6.43. The average Bonchev–Trinajstić information content (AvgIpc) is 2.38. The summed E-state index contributed by atoms with van der Waals surface area (Å²) in [6, 6.07) is 7.92. The van der Waals surface area contributed by atoms with Gasteiger partial charge in [0.25, 0.3) is 0 Å². The number of benzene rings is 1. The van der Waals surface area contributed by atoms with Crippen molar-refractivity contribution in [3.63, 3.8) is 0 Å². The van der Waals surface area contributed by atoms with Crippen molar-refractivity contribution in [2.75, 3.05) is 19.6 Å². The first kappa shape index (κ1) is 12.4. The van der Waals surface area contributed by atoms with Crippen LogP contribution in [0, 0.1) is 5.92 Å². The fourth-order valence-electron chi connectivity index (χ4n) is 2.64.